The predicted octanol–water partition coefficient (Wildman–Crippen LogP) is 0.0400. The van der Waals surface area contributed by atoms with Crippen LogP contribution >= 0.6 is 0 Å². The second kappa shape index (κ2) is 7.75. The average Bonchev–Trinajstić information content (AvgIpc) is 2.85. The molecule has 1 amide bonds. The number of aryl methyl sites for hydroxylation is 1. The molecule has 0 fully saturated rings. The number of aliphatic hydroxyl groups is 1. The van der Waals surface area contributed by atoms with Gasteiger partial charge >= 0.3 is 5.97 Å². The third-order valence-electron chi connectivity index (χ3n) is 3.74. The maximum atomic E-state index is 12.5. The molecule has 0 radical (unpaired) electrons. The minimum Gasteiger partial charge on any atom is -0.466 e. The Morgan fingerprint density at radius 1 is 1.38 bits per heavy atom. The highest BCUT2D eigenvalue weighted by Gasteiger charge is 2.34. The van der Waals surface area contributed by atoms with Crippen LogP contribution in [0.25, 0.3) is 0 Å². The van der Waals surface area contributed by atoms with E-state index in [0.29, 0.717) is 16.9 Å². The summed E-state index contributed by atoms with van der Waals surface area (Å²) < 4.78 is 29.7. The predicted molar refractivity (Wildman–Crippen MR) is 96.0 cm³/mol. The topological polar surface area (TPSA) is 125 Å². The van der Waals surface area contributed by atoms with Crippen LogP contribution in [0.4, 0.5) is 11.4 Å². The van der Waals surface area contributed by atoms with Crippen molar-refractivity contribution in [3.05, 3.63) is 35.0 Å². The molecule has 3 N–H and O–H groups in total. The van der Waals surface area contributed by atoms with Crippen molar-refractivity contribution >= 4 is 33.3 Å². The zero-order valence-electron chi connectivity index (χ0n) is 14.7. The highest BCUT2D eigenvalue weighted by Crippen LogP contribution is 2.26. The van der Waals surface area contributed by atoms with Crippen LogP contribution in [0.1, 0.15) is 5.56 Å². The van der Waals surface area contributed by atoms with E-state index in [1.807, 2.05) is 0 Å². The van der Waals surface area contributed by atoms with Crippen molar-refractivity contribution in [1.82, 2.24) is 4.90 Å². The van der Waals surface area contributed by atoms with Crippen molar-refractivity contribution < 1.29 is 27.9 Å². The fourth-order valence-electron chi connectivity index (χ4n) is 2.57. The molecule has 2 rings (SSSR count). The number of anilines is 2. The van der Waals surface area contributed by atoms with E-state index >= 15 is 0 Å². The summed E-state index contributed by atoms with van der Waals surface area (Å²) in [7, 11) is -2.18. The lowest BCUT2D eigenvalue weighted by Gasteiger charge is -2.16. The Morgan fingerprint density at radius 2 is 2.08 bits per heavy atom. The first-order valence-electron chi connectivity index (χ1n) is 7.73. The smallest absolute Gasteiger partial charge is 0.337 e. The summed E-state index contributed by atoms with van der Waals surface area (Å²) in [5.74, 6) is -1.05. The Morgan fingerprint density at radius 3 is 2.62 bits per heavy atom. The summed E-state index contributed by atoms with van der Waals surface area (Å²) in [5, 5.41) is 12.0. The molecule has 0 spiro atoms. The molecule has 0 saturated heterocycles. The van der Waals surface area contributed by atoms with E-state index in [1.54, 1.807) is 25.1 Å². The molecule has 1 aliphatic rings. The SMILES string of the molecule is COC(=O)C1=C(Nc2ccc(NS(C)(=O)=O)cc2C)C(=O)N(CCO)C1. The molecule has 9 nitrogen and oxygen atoms in total. The van der Waals surface area contributed by atoms with Crippen molar-refractivity contribution in [3.8, 4) is 0 Å². The number of nitrogens with zero attached hydrogens (tertiary/aromatic N) is 1. The van der Waals surface area contributed by atoms with Gasteiger partial charge in [-0.05, 0) is 30.7 Å². The number of carbonyl (C=O) groups is 2. The number of rotatable bonds is 7. The summed E-state index contributed by atoms with van der Waals surface area (Å²) in [6.45, 7) is 1.65. The second-order valence-electron chi connectivity index (χ2n) is 5.82. The maximum absolute atomic E-state index is 12.5. The standard InChI is InChI=1S/C16H21N3O6S/c1-10-8-11(18-26(3,23)24)4-5-13(10)17-14-12(16(22)25-2)9-19(6-7-20)15(14)21/h4-5,8,17-18,20H,6-7,9H2,1-3H3. The molecule has 10 heteroatoms. The first-order chi connectivity index (χ1) is 12.2. The summed E-state index contributed by atoms with van der Waals surface area (Å²) in [6, 6.07) is 4.75. The molecule has 1 aromatic rings. The van der Waals surface area contributed by atoms with E-state index in [2.05, 4.69) is 10.0 Å². The van der Waals surface area contributed by atoms with Gasteiger partial charge in [0.1, 0.15) is 5.70 Å². The maximum Gasteiger partial charge on any atom is 0.337 e. The molecule has 26 heavy (non-hydrogen) atoms. The third-order valence-corrected chi connectivity index (χ3v) is 4.35. The molecule has 0 bridgehead atoms. The number of carbonyl (C=O) groups excluding carboxylic acids is 2. The number of amides is 1. The van der Waals surface area contributed by atoms with Gasteiger partial charge in [-0.1, -0.05) is 0 Å². The van der Waals surface area contributed by atoms with Crippen LogP contribution in [0, 0.1) is 6.92 Å². The molecule has 1 aromatic carbocycles. The Hall–Kier alpha value is -2.59. The van der Waals surface area contributed by atoms with E-state index in [1.165, 1.54) is 12.0 Å². The van der Waals surface area contributed by atoms with Crippen molar-refractivity contribution in [3.63, 3.8) is 0 Å². The van der Waals surface area contributed by atoms with Gasteiger partial charge in [-0.2, -0.15) is 0 Å². The molecule has 142 valence electrons. The van der Waals surface area contributed by atoms with Crippen molar-refractivity contribution in [2.45, 2.75) is 6.92 Å². The number of sulfonamides is 1. The van der Waals surface area contributed by atoms with Crippen molar-refractivity contribution in [2.24, 2.45) is 0 Å². The summed E-state index contributed by atoms with van der Waals surface area (Å²) in [6.07, 6.45) is 1.05. The fraction of sp³-hybridized carbons (Fsp3) is 0.375. The van der Waals surface area contributed by atoms with Crippen molar-refractivity contribution in [1.29, 1.82) is 0 Å². The van der Waals surface area contributed by atoms with Gasteiger partial charge in [0.2, 0.25) is 10.0 Å². The fourth-order valence-corrected chi connectivity index (χ4v) is 3.12. The number of nitrogens with one attached hydrogen (secondary N) is 2. The largest absolute Gasteiger partial charge is 0.466 e. The molecule has 1 aliphatic heterocycles. The zero-order chi connectivity index (χ0) is 19.5. The number of aliphatic hydroxyl groups excluding tert-OH is 1. The summed E-state index contributed by atoms with van der Waals surface area (Å²) >= 11 is 0. The van der Waals surface area contributed by atoms with Gasteiger partial charge in [-0.3, -0.25) is 9.52 Å². The van der Waals surface area contributed by atoms with Crippen LogP contribution in [0.15, 0.2) is 29.5 Å². The Kier molecular flexibility index (Phi) is 5.88. The van der Waals surface area contributed by atoms with Crippen LogP contribution in [0.2, 0.25) is 0 Å². The lowest BCUT2D eigenvalue weighted by Crippen LogP contribution is -2.31. The molecule has 0 aliphatic carbocycles. The van der Waals surface area contributed by atoms with E-state index in [-0.39, 0.29) is 31.0 Å². The zero-order valence-corrected chi connectivity index (χ0v) is 15.5. The normalized spacial score (nSPS) is 14.6. The quantitative estimate of drug-likeness (QED) is 0.568. The van der Waals surface area contributed by atoms with E-state index in [0.717, 1.165) is 6.26 Å². The number of β-amino-alcohol motifs (C(OH)–C–C–N with tert-alkyl or cyclic N) is 1. The Labute approximate surface area is 151 Å². The van der Waals surface area contributed by atoms with Gasteiger partial charge in [0, 0.05) is 17.9 Å². The summed E-state index contributed by atoms with van der Waals surface area (Å²) in [5.41, 5.74) is 1.85. The van der Waals surface area contributed by atoms with E-state index in [9.17, 15) is 18.0 Å². The van der Waals surface area contributed by atoms with Crippen LogP contribution in [-0.2, 0) is 24.3 Å². The minimum atomic E-state index is -3.40. The highest BCUT2D eigenvalue weighted by molar-refractivity contribution is 7.92. The van der Waals surface area contributed by atoms with Gasteiger partial charge in [0.25, 0.3) is 5.91 Å². The average molecular weight is 383 g/mol. The number of ether oxygens (including phenoxy) is 1. The first-order valence-corrected chi connectivity index (χ1v) is 9.62. The van der Waals surface area contributed by atoms with Crippen LogP contribution < -0.4 is 10.0 Å². The monoisotopic (exact) mass is 383 g/mol. The number of hydrogen-bond donors (Lipinski definition) is 3. The van der Waals surface area contributed by atoms with Gasteiger partial charge in [-0.25, -0.2) is 13.2 Å². The minimum absolute atomic E-state index is 0.0428. The van der Waals surface area contributed by atoms with E-state index in [4.69, 9.17) is 9.84 Å². The van der Waals surface area contributed by atoms with Crippen LogP contribution in [0.3, 0.4) is 0 Å². The number of hydrogen-bond acceptors (Lipinski definition) is 7. The Bertz CT molecular complexity index is 863. The van der Waals surface area contributed by atoms with Crippen LogP contribution in [0.5, 0.6) is 0 Å². The summed E-state index contributed by atoms with van der Waals surface area (Å²) in [4.78, 5) is 25.8. The van der Waals surface area contributed by atoms with Crippen molar-refractivity contribution in [2.75, 3.05) is 43.1 Å². The molecular formula is C16H21N3O6S. The van der Waals surface area contributed by atoms with Gasteiger partial charge in [-0.15, -0.1) is 0 Å². The Balaban J connectivity index is 2.32. The van der Waals surface area contributed by atoms with E-state index < -0.39 is 21.9 Å². The van der Waals surface area contributed by atoms with Gasteiger partial charge in [0.15, 0.2) is 0 Å². The lowest BCUT2D eigenvalue weighted by molar-refractivity contribution is -0.136. The second-order valence-corrected chi connectivity index (χ2v) is 7.57. The van der Waals surface area contributed by atoms with Crippen LogP contribution in [-0.4, -0.2) is 63.4 Å². The third kappa shape index (κ3) is 4.52. The molecule has 0 atom stereocenters. The van der Waals surface area contributed by atoms with Gasteiger partial charge in [0.05, 0.1) is 32.1 Å². The number of esters is 1. The molecule has 0 unspecified atom stereocenters. The molecule has 1 heterocycles. The molecular weight excluding hydrogens is 362 g/mol. The molecule has 0 saturated carbocycles. The number of benzene rings is 1. The number of methoxy groups -OCH3 is 1. The highest BCUT2D eigenvalue weighted by atomic mass is 32.2. The molecule has 0 aromatic heterocycles. The lowest BCUT2D eigenvalue weighted by atomic mass is 10.1. The first kappa shape index (κ1) is 19.7. The van der Waals surface area contributed by atoms with Gasteiger partial charge < -0.3 is 20.1 Å².